The largest absolute Gasteiger partial charge is 0.311 e. The minimum Gasteiger partial charge on any atom is -0.311 e. The van der Waals surface area contributed by atoms with Gasteiger partial charge in [0.15, 0.2) is 0 Å². The zero-order valence-corrected chi connectivity index (χ0v) is 30.8. The van der Waals surface area contributed by atoms with Crippen LogP contribution in [-0.4, -0.2) is 0 Å². The van der Waals surface area contributed by atoms with Crippen LogP contribution in [0.1, 0.15) is 11.0 Å². The van der Waals surface area contributed by atoms with Crippen molar-refractivity contribution in [2.75, 3.05) is 4.90 Å². The van der Waals surface area contributed by atoms with Crippen molar-refractivity contribution < 1.29 is 11.0 Å². The summed E-state index contributed by atoms with van der Waals surface area (Å²) < 4.78 is 76.2. The second-order valence-corrected chi connectivity index (χ2v) is 13.9. The number of hydrogen-bond acceptors (Lipinski definition) is 1. The van der Waals surface area contributed by atoms with E-state index in [-0.39, 0.29) is 46.7 Å². The molecule has 0 bridgehead atoms. The van der Waals surface area contributed by atoms with Crippen molar-refractivity contribution >= 4 is 38.6 Å². The van der Waals surface area contributed by atoms with Gasteiger partial charge in [0.05, 0.1) is 11.0 Å². The van der Waals surface area contributed by atoms with Gasteiger partial charge in [0, 0.05) is 17.1 Å². The fraction of sp³-hybridized carbons (Fsp3) is 0. The highest BCUT2D eigenvalue weighted by atomic mass is 15.1. The number of nitrogens with zero attached hydrogens (tertiary/aromatic N) is 1. The van der Waals surface area contributed by atoms with Crippen molar-refractivity contribution in [2.45, 2.75) is 0 Å². The highest BCUT2D eigenvalue weighted by molar-refractivity contribution is 5.98. The van der Waals surface area contributed by atoms with Gasteiger partial charge in [0.1, 0.15) is 0 Å². The lowest BCUT2D eigenvalue weighted by Gasteiger charge is -2.26. The SMILES string of the molecule is [2H]c1c([2H])c(N(c2ccc(-c3ccc(-c4ccccc4)c(-c4ccccc4)c3)cc2)c2c([2H])c([2H])c(-c3cccc4ccccc34)c([2H])c2[2H])c([2H])c([2H])c1-c1cccc2ccccc12. The maximum atomic E-state index is 9.60. The van der Waals surface area contributed by atoms with E-state index in [1.165, 1.54) is 4.90 Å². The minimum absolute atomic E-state index is 0.120. The quantitative estimate of drug-likeness (QED) is 0.150. The Morgan fingerprint density at radius 1 is 0.263 bits per heavy atom. The van der Waals surface area contributed by atoms with E-state index in [4.69, 9.17) is 0 Å². The highest BCUT2D eigenvalue weighted by Gasteiger charge is 2.16. The molecule has 0 N–H and O–H groups in total. The molecule has 0 fully saturated rings. The number of hydrogen-bond donors (Lipinski definition) is 0. The molecule has 0 amide bonds. The van der Waals surface area contributed by atoms with Gasteiger partial charge in [-0.2, -0.15) is 0 Å². The molecule has 0 aliphatic heterocycles. The minimum atomic E-state index is -0.392. The molecule has 0 unspecified atom stereocenters. The molecule has 57 heavy (non-hydrogen) atoms. The topological polar surface area (TPSA) is 3.24 Å². The molecule has 10 aromatic carbocycles. The van der Waals surface area contributed by atoms with E-state index in [1.54, 1.807) is 24.3 Å². The smallest absolute Gasteiger partial charge is 0.0645 e. The van der Waals surface area contributed by atoms with Crippen LogP contribution >= 0.6 is 0 Å². The normalized spacial score (nSPS) is 13.1. The van der Waals surface area contributed by atoms with Gasteiger partial charge in [-0.1, -0.05) is 194 Å². The van der Waals surface area contributed by atoms with Crippen LogP contribution in [0.4, 0.5) is 17.1 Å². The van der Waals surface area contributed by atoms with Crippen molar-refractivity contribution in [1.29, 1.82) is 0 Å². The number of anilines is 3. The number of rotatable bonds is 8. The van der Waals surface area contributed by atoms with Gasteiger partial charge in [-0.3, -0.25) is 0 Å². The number of fused-ring (bicyclic) bond motifs is 2. The lowest BCUT2D eigenvalue weighted by molar-refractivity contribution is 1.28. The average molecular weight is 734 g/mol. The van der Waals surface area contributed by atoms with Gasteiger partial charge >= 0.3 is 0 Å². The summed E-state index contributed by atoms with van der Waals surface area (Å²) in [5.41, 5.74) is 7.29. The van der Waals surface area contributed by atoms with Crippen molar-refractivity contribution in [2.24, 2.45) is 0 Å². The lowest BCUT2D eigenvalue weighted by Crippen LogP contribution is -2.09. The van der Waals surface area contributed by atoms with Gasteiger partial charge in [0.25, 0.3) is 0 Å². The summed E-state index contributed by atoms with van der Waals surface area (Å²) in [5.74, 6) is 0. The molecular weight excluding hydrogens is 687 g/mol. The van der Waals surface area contributed by atoms with Gasteiger partial charge < -0.3 is 4.90 Å². The molecule has 1 nitrogen and oxygen atoms in total. The first-order chi connectivity index (χ1) is 31.6. The predicted molar refractivity (Wildman–Crippen MR) is 243 cm³/mol. The van der Waals surface area contributed by atoms with Crippen LogP contribution in [0, 0.1) is 0 Å². The van der Waals surface area contributed by atoms with E-state index in [9.17, 15) is 11.0 Å². The molecule has 1 heteroatoms. The molecule has 10 aromatic rings. The Labute approximate surface area is 345 Å². The predicted octanol–water partition coefficient (Wildman–Crippen LogP) is 15.8. The van der Waals surface area contributed by atoms with Gasteiger partial charge in [0.2, 0.25) is 0 Å². The second-order valence-electron chi connectivity index (χ2n) is 13.9. The zero-order valence-electron chi connectivity index (χ0n) is 38.8. The Hall–Kier alpha value is -7.48. The standard InChI is InChI=1S/C56H39N/c1-3-13-41(14-4-1)55-38-31-47(39-56(55)44-15-5-2-6-16-44)40-25-32-48(33-26-40)57(49-34-27-45(28-35-49)53-23-11-19-42-17-7-9-21-51(42)53)50-36-29-46(30-37-50)54-24-12-20-43-18-8-10-22-52(43)54/h1-39H/i27D,28D,29D,30D,34D,35D,36D,37D. The van der Waals surface area contributed by atoms with Crippen molar-refractivity contribution in [1.82, 2.24) is 0 Å². The maximum Gasteiger partial charge on any atom is 0.0645 e. The summed E-state index contributed by atoms with van der Waals surface area (Å²) in [6.45, 7) is 0. The summed E-state index contributed by atoms with van der Waals surface area (Å²) in [7, 11) is 0. The van der Waals surface area contributed by atoms with Gasteiger partial charge in [-0.05, 0) is 120 Å². The Morgan fingerprint density at radius 3 is 1.23 bits per heavy atom. The zero-order chi connectivity index (χ0) is 44.9. The molecule has 0 aliphatic rings. The Bertz CT molecular complexity index is 3250. The molecule has 0 aromatic heterocycles. The van der Waals surface area contributed by atoms with Crippen LogP contribution in [0.3, 0.4) is 0 Å². The Kier molecular flexibility index (Phi) is 6.92. The van der Waals surface area contributed by atoms with Crippen LogP contribution < -0.4 is 4.90 Å². The molecule has 10 rings (SSSR count). The van der Waals surface area contributed by atoms with E-state index >= 15 is 0 Å². The third kappa shape index (κ3) is 6.66. The first-order valence-corrected chi connectivity index (χ1v) is 18.9. The molecule has 0 spiro atoms. The monoisotopic (exact) mass is 733 g/mol. The fourth-order valence-electron chi connectivity index (χ4n) is 7.61. The highest BCUT2D eigenvalue weighted by Crippen LogP contribution is 2.40. The molecule has 268 valence electrons. The van der Waals surface area contributed by atoms with E-state index in [1.807, 2.05) is 121 Å². The van der Waals surface area contributed by atoms with E-state index < -0.39 is 24.2 Å². The Morgan fingerprint density at radius 2 is 0.702 bits per heavy atom. The molecular formula is C56H39N. The third-order valence-electron chi connectivity index (χ3n) is 10.4. The molecule has 0 radical (unpaired) electrons. The van der Waals surface area contributed by atoms with E-state index in [0.29, 0.717) is 16.8 Å². The summed E-state index contributed by atoms with van der Waals surface area (Å²) in [6.07, 6.45) is 0. The van der Waals surface area contributed by atoms with Gasteiger partial charge in [-0.15, -0.1) is 0 Å². The van der Waals surface area contributed by atoms with Crippen LogP contribution in [0.5, 0.6) is 0 Å². The van der Waals surface area contributed by atoms with Crippen molar-refractivity contribution in [3.63, 3.8) is 0 Å². The third-order valence-corrected chi connectivity index (χ3v) is 10.4. The van der Waals surface area contributed by atoms with Crippen LogP contribution in [-0.2, 0) is 0 Å². The molecule has 0 saturated heterocycles. The fourth-order valence-corrected chi connectivity index (χ4v) is 7.61. The van der Waals surface area contributed by atoms with Crippen molar-refractivity contribution in [3.05, 3.63) is 236 Å². The second kappa shape index (κ2) is 15.0. The summed E-state index contributed by atoms with van der Waals surface area (Å²) >= 11 is 0. The molecule has 0 atom stereocenters. The van der Waals surface area contributed by atoms with E-state index in [0.717, 1.165) is 54.9 Å². The van der Waals surface area contributed by atoms with Crippen LogP contribution in [0.15, 0.2) is 236 Å². The number of benzene rings is 10. The molecule has 0 saturated carbocycles. The van der Waals surface area contributed by atoms with Crippen LogP contribution in [0.25, 0.3) is 77.2 Å². The van der Waals surface area contributed by atoms with Crippen molar-refractivity contribution in [3.8, 4) is 55.6 Å². The summed E-state index contributed by atoms with van der Waals surface area (Å²) in [6, 6.07) is 57.5. The Balaban J connectivity index is 1.18. The first kappa shape index (κ1) is 26.3. The molecule has 0 heterocycles. The van der Waals surface area contributed by atoms with Crippen LogP contribution in [0.2, 0.25) is 0 Å². The lowest BCUT2D eigenvalue weighted by atomic mass is 9.91. The average Bonchev–Trinajstić information content (AvgIpc) is 3.35. The molecule has 0 aliphatic carbocycles. The summed E-state index contributed by atoms with van der Waals surface area (Å²) in [5, 5.41) is 3.31. The summed E-state index contributed by atoms with van der Waals surface area (Å²) in [4.78, 5) is 1.36. The van der Waals surface area contributed by atoms with E-state index in [2.05, 4.69) is 42.5 Å². The van der Waals surface area contributed by atoms with Gasteiger partial charge in [-0.25, -0.2) is 0 Å². The first-order valence-electron chi connectivity index (χ1n) is 22.9. The maximum absolute atomic E-state index is 9.60.